The minimum atomic E-state index is -1.23. The minimum Gasteiger partial charge on any atom is -0.388 e. The number of anilines is 2. The van der Waals surface area contributed by atoms with Crippen molar-refractivity contribution in [2.24, 2.45) is 0 Å². The van der Waals surface area contributed by atoms with E-state index >= 15 is 0 Å². The topological polar surface area (TPSA) is 114 Å². The van der Waals surface area contributed by atoms with Crippen LogP contribution in [0.3, 0.4) is 0 Å². The predicted octanol–water partition coefficient (Wildman–Crippen LogP) is 1.48. The van der Waals surface area contributed by atoms with E-state index in [9.17, 15) is 24.2 Å². The largest absolute Gasteiger partial charge is 0.388 e. The molecule has 2 saturated heterocycles. The van der Waals surface area contributed by atoms with Gasteiger partial charge in [-0.2, -0.15) is 0 Å². The number of carbonyl (C=O) groups is 2. The quantitative estimate of drug-likeness (QED) is 0.492. The number of carbonyl (C=O) groups excluding carboxylic acids is 2. The fourth-order valence-corrected chi connectivity index (χ4v) is 4.34. The number of hydrogen-bond acceptors (Lipinski definition) is 6. The van der Waals surface area contributed by atoms with Gasteiger partial charge in [0, 0.05) is 44.1 Å². The number of nitrogens with zero attached hydrogens (tertiary/aromatic N) is 2. The zero-order valence-corrected chi connectivity index (χ0v) is 19.6. The highest BCUT2D eigenvalue weighted by atomic mass is 19.1. The number of ether oxygens (including phenoxy) is 1. The maximum Gasteiger partial charge on any atom is 0.319 e. The number of urea groups is 1. The molecule has 0 aromatic heterocycles. The van der Waals surface area contributed by atoms with E-state index in [0.717, 1.165) is 11.3 Å². The van der Waals surface area contributed by atoms with Crippen molar-refractivity contribution in [1.82, 2.24) is 10.2 Å². The molecule has 2 heterocycles. The number of benzene rings is 2. The van der Waals surface area contributed by atoms with Crippen LogP contribution in [0.1, 0.15) is 12.0 Å². The van der Waals surface area contributed by atoms with Crippen molar-refractivity contribution in [2.45, 2.75) is 37.8 Å². The van der Waals surface area contributed by atoms with Crippen LogP contribution in [0.15, 0.2) is 48.5 Å². The summed E-state index contributed by atoms with van der Waals surface area (Å²) >= 11 is 0. The molecule has 4 N–H and O–H groups in total. The van der Waals surface area contributed by atoms with Crippen molar-refractivity contribution in [3.05, 3.63) is 59.9 Å². The van der Waals surface area contributed by atoms with Gasteiger partial charge >= 0.3 is 6.03 Å². The number of piperazine rings is 1. The third-order valence-corrected chi connectivity index (χ3v) is 6.43. The van der Waals surface area contributed by atoms with Crippen LogP contribution in [0.25, 0.3) is 0 Å². The van der Waals surface area contributed by atoms with Crippen LogP contribution >= 0.6 is 0 Å². The van der Waals surface area contributed by atoms with Gasteiger partial charge in [-0.3, -0.25) is 4.79 Å². The number of halogens is 1. The summed E-state index contributed by atoms with van der Waals surface area (Å²) in [4.78, 5) is 28.7. The van der Waals surface area contributed by atoms with Gasteiger partial charge in [0.15, 0.2) is 0 Å². The van der Waals surface area contributed by atoms with Gasteiger partial charge in [-0.05, 0) is 43.3 Å². The normalized spacial score (nSPS) is 24.3. The van der Waals surface area contributed by atoms with Gasteiger partial charge in [-0.25, -0.2) is 9.18 Å². The van der Waals surface area contributed by atoms with Crippen LogP contribution in [0.2, 0.25) is 0 Å². The van der Waals surface area contributed by atoms with Crippen molar-refractivity contribution in [3.8, 4) is 0 Å². The standard InChI is InChI=1S/C25H31FN4O5/c1-16-2-6-18(7-3-16)28-25(34)27-15-21-24(33)23(32)20(35-21)14-22(31)30-12-10-29(11-13-30)19-8-4-17(26)5-9-19/h2-9,20-21,23-24,32-33H,10-15H2,1H3,(H2,27,28,34)/t20-,21-,23-,24+/m0/s1. The number of aliphatic hydroxyl groups is 2. The Labute approximate surface area is 203 Å². The Bertz CT molecular complexity index is 1010. The molecular formula is C25H31FN4O5. The molecule has 4 atom stereocenters. The lowest BCUT2D eigenvalue weighted by molar-refractivity contribution is -0.135. The second-order valence-electron chi connectivity index (χ2n) is 8.94. The first-order valence-electron chi connectivity index (χ1n) is 11.7. The first-order valence-corrected chi connectivity index (χ1v) is 11.7. The summed E-state index contributed by atoms with van der Waals surface area (Å²) in [7, 11) is 0. The maximum absolute atomic E-state index is 13.1. The van der Waals surface area contributed by atoms with Crippen molar-refractivity contribution in [2.75, 3.05) is 42.9 Å². The SMILES string of the molecule is Cc1ccc(NC(=O)NC[C@@H]2O[C@@H](CC(=O)N3CCN(c4ccc(F)cc4)CC3)[C@H](O)[C@@H]2O)cc1. The molecule has 2 aromatic rings. The highest BCUT2D eigenvalue weighted by molar-refractivity contribution is 5.89. The van der Waals surface area contributed by atoms with Crippen LogP contribution in [-0.2, 0) is 9.53 Å². The molecule has 2 fully saturated rings. The third kappa shape index (κ3) is 6.27. The molecule has 0 aliphatic carbocycles. The van der Waals surface area contributed by atoms with Crippen molar-refractivity contribution in [1.29, 1.82) is 0 Å². The molecule has 10 heteroatoms. The van der Waals surface area contributed by atoms with E-state index in [4.69, 9.17) is 4.74 Å². The Morgan fingerprint density at radius 3 is 2.26 bits per heavy atom. The Kier molecular flexibility index (Phi) is 7.84. The fourth-order valence-electron chi connectivity index (χ4n) is 4.34. The summed E-state index contributed by atoms with van der Waals surface area (Å²) in [5.41, 5.74) is 2.60. The van der Waals surface area contributed by atoms with Gasteiger partial charge in [0.05, 0.1) is 12.5 Å². The number of nitrogens with one attached hydrogen (secondary N) is 2. The second kappa shape index (κ2) is 11.0. The minimum absolute atomic E-state index is 0.0169. The van der Waals surface area contributed by atoms with Gasteiger partial charge in [0.2, 0.25) is 5.91 Å². The molecule has 0 saturated carbocycles. The average molecular weight is 487 g/mol. The van der Waals surface area contributed by atoms with Crippen LogP contribution in [-0.4, -0.2) is 84.2 Å². The van der Waals surface area contributed by atoms with Gasteiger partial charge in [-0.1, -0.05) is 17.7 Å². The molecule has 35 heavy (non-hydrogen) atoms. The summed E-state index contributed by atoms with van der Waals surface area (Å²) in [6.07, 6.45) is -4.21. The van der Waals surface area contributed by atoms with Gasteiger partial charge < -0.3 is 35.4 Å². The Morgan fingerprint density at radius 2 is 1.60 bits per heavy atom. The van der Waals surface area contributed by atoms with E-state index in [1.165, 1.54) is 12.1 Å². The molecule has 2 aliphatic heterocycles. The molecular weight excluding hydrogens is 455 g/mol. The zero-order valence-electron chi connectivity index (χ0n) is 19.6. The molecule has 9 nitrogen and oxygen atoms in total. The predicted molar refractivity (Wildman–Crippen MR) is 129 cm³/mol. The summed E-state index contributed by atoms with van der Waals surface area (Å²) in [6, 6.07) is 13.1. The monoisotopic (exact) mass is 486 g/mol. The van der Waals surface area contributed by atoms with E-state index in [-0.39, 0.29) is 24.7 Å². The molecule has 2 aromatic carbocycles. The number of aryl methyl sites for hydroxylation is 1. The van der Waals surface area contributed by atoms with Crippen molar-refractivity contribution >= 4 is 23.3 Å². The fraction of sp³-hybridized carbons (Fsp3) is 0.440. The smallest absolute Gasteiger partial charge is 0.319 e. The van der Waals surface area contributed by atoms with Crippen LogP contribution in [0.4, 0.5) is 20.6 Å². The maximum atomic E-state index is 13.1. The zero-order chi connectivity index (χ0) is 24.9. The third-order valence-electron chi connectivity index (χ3n) is 6.43. The summed E-state index contributed by atoms with van der Waals surface area (Å²) in [6.45, 7) is 4.13. The molecule has 4 rings (SSSR count). The van der Waals surface area contributed by atoms with E-state index in [1.54, 1.807) is 29.2 Å². The van der Waals surface area contributed by atoms with Gasteiger partial charge in [0.25, 0.3) is 0 Å². The van der Waals surface area contributed by atoms with E-state index in [0.29, 0.717) is 31.9 Å². The van der Waals surface area contributed by atoms with E-state index in [2.05, 4.69) is 15.5 Å². The number of hydrogen-bond donors (Lipinski definition) is 4. The Hall–Kier alpha value is -3.21. The molecule has 0 radical (unpaired) electrons. The highest BCUT2D eigenvalue weighted by Gasteiger charge is 2.44. The number of rotatable bonds is 6. The first kappa shape index (κ1) is 24.9. The van der Waals surface area contributed by atoms with E-state index in [1.807, 2.05) is 19.1 Å². The van der Waals surface area contributed by atoms with E-state index < -0.39 is 30.4 Å². The summed E-state index contributed by atoms with van der Waals surface area (Å²) in [5.74, 6) is -0.467. The molecule has 2 aliphatic rings. The Morgan fingerprint density at radius 1 is 0.971 bits per heavy atom. The highest BCUT2D eigenvalue weighted by Crippen LogP contribution is 2.25. The lowest BCUT2D eigenvalue weighted by atomic mass is 10.0. The Balaban J connectivity index is 1.22. The second-order valence-corrected chi connectivity index (χ2v) is 8.94. The van der Waals surface area contributed by atoms with Gasteiger partial charge in [-0.15, -0.1) is 0 Å². The molecule has 0 spiro atoms. The van der Waals surface area contributed by atoms with Gasteiger partial charge in [0.1, 0.15) is 24.1 Å². The number of amides is 3. The molecule has 3 amide bonds. The van der Waals surface area contributed by atoms with Crippen molar-refractivity contribution < 1.29 is 28.9 Å². The first-order chi connectivity index (χ1) is 16.8. The van der Waals surface area contributed by atoms with Crippen LogP contribution in [0, 0.1) is 12.7 Å². The lowest BCUT2D eigenvalue weighted by Crippen LogP contribution is -2.49. The molecule has 188 valence electrons. The number of aliphatic hydroxyl groups excluding tert-OH is 2. The molecule has 0 bridgehead atoms. The lowest BCUT2D eigenvalue weighted by Gasteiger charge is -2.36. The summed E-state index contributed by atoms with van der Waals surface area (Å²) < 4.78 is 18.9. The molecule has 0 unspecified atom stereocenters. The summed E-state index contributed by atoms with van der Waals surface area (Å²) in [5, 5.41) is 26.1. The average Bonchev–Trinajstić information content (AvgIpc) is 3.12. The van der Waals surface area contributed by atoms with Crippen molar-refractivity contribution in [3.63, 3.8) is 0 Å². The van der Waals surface area contributed by atoms with Crippen LogP contribution in [0.5, 0.6) is 0 Å². The van der Waals surface area contributed by atoms with Crippen LogP contribution < -0.4 is 15.5 Å².